The molecule has 6 rings (SSSR count). The van der Waals surface area contributed by atoms with Gasteiger partial charge < -0.3 is 5.32 Å². The zero-order chi connectivity index (χ0) is 20.3. The third-order valence-electron chi connectivity index (χ3n) is 7.06. The van der Waals surface area contributed by atoms with Gasteiger partial charge >= 0.3 is 0 Å². The molecule has 2 heteroatoms. The Bertz CT molecular complexity index is 1070. The molecule has 0 saturated heterocycles. The van der Waals surface area contributed by atoms with E-state index in [1.165, 1.54) is 27.8 Å². The highest BCUT2D eigenvalue weighted by molar-refractivity contribution is 5.98. The van der Waals surface area contributed by atoms with E-state index in [0.29, 0.717) is 0 Å². The molecule has 0 saturated carbocycles. The highest BCUT2D eigenvalue weighted by Gasteiger charge is 2.53. The lowest BCUT2D eigenvalue weighted by Gasteiger charge is -2.50. The quantitative estimate of drug-likeness (QED) is 0.559. The van der Waals surface area contributed by atoms with Crippen LogP contribution in [0.5, 0.6) is 0 Å². The first-order chi connectivity index (χ1) is 13.9. The summed E-state index contributed by atoms with van der Waals surface area (Å²) >= 11 is 0. The second-order valence-corrected chi connectivity index (χ2v) is 9.09. The number of nitrogens with one attached hydrogen (secondary N) is 1. The van der Waals surface area contributed by atoms with E-state index in [4.69, 9.17) is 0 Å². The van der Waals surface area contributed by atoms with Crippen LogP contribution in [0.4, 0.5) is 5.69 Å². The molecule has 0 spiro atoms. The van der Waals surface area contributed by atoms with Crippen molar-refractivity contribution in [2.75, 3.05) is 5.32 Å². The van der Waals surface area contributed by atoms with Crippen molar-refractivity contribution in [3.8, 4) is 0 Å². The van der Waals surface area contributed by atoms with E-state index in [2.05, 4.69) is 93.7 Å². The molecule has 0 unspecified atom stereocenters. The molecule has 0 aliphatic heterocycles. The summed E-state index contributed by atoms with van der Waals surface area (Å²) in [5.41, 5.74) is 9.39. The Kier molecular flexibility index (Phi) is 3.96. The zero-order valence-electron chi connectivity index (χ0n) is 17.5. The molecular formula is C27H27NO. The van der Waals surface area contributed by atoms with E-state index in [0.717, 1.165) is 23.2 Å². The smallest absolute Gasteiger partial charge is 0.231 e. The van der Waals surface area contributed by atoms with E-state index in [1.54, 1.807) is 0 Å². The fourth-order valence-electron chi connectivity index (χ4n) is 5.82. The van der Waals surface area contributed by atoms with Gasteiger partial charge in [0.05, 0.1) is 5.41 Å². The van der Waals surface area contributed by atoms with Crippen molar-refractivity contribution in [3.05, 3.63) is 99.6 Å². The average Bonchev–Trinajstić information content (AvgIpc) is 2.70. The summed E-state index contributed by atoms with van der Waals surface area (Å²) in [5.74, 6) is 0.501. The first kappa shape index (κ1) is 18.2. The number of carbonyl (C=O) groups is 1. The highest BCUT2D eigenvalue weighted by Crippen LogP contribution is 2.61. The number of anilines is 1. The van der Waals surface area contributed by atoms with Gasteiger partial charge in [-0.2, -0.15) is 0 Å². The number of rotatable bonds is 2. The zero-order valence-corrected chi connectivity index (χ0v) is 17.5. The minimum atomic E-state index is -0.475. The minimum Gasteiger partial charge on any atom is -0.325 e. The van der Waals surface area contributed by atoms with Gasteiger partial charge in [-0.05, 0) is 67.5 Å². The van der Waals surface area contributed by atoms with Gasteiger partial charge in [-0.3, -0.25) is 4.79 Å². The van der Waals surface area contributed by atoms with Crippen LogP contribution in [0.3, 0.4) is 0 Å². The van der Waals surface area contributed by atoms with Crippen molar-refractivity contribution in [2.24, 2.45) is 5.41 Å². The number of hydrogen-bond donors (Lipinski definition) is 1. The molecule has 1 amide bonds. The van der Waals surface area contributed by atoms with Crippen molar-refractivity contribution in [1.82, 2.24) is 0 Å². The number of amides is 1. The number of benzene rings is 3. The van der Waals surface area contributed by atoms with E-state index in [-0.39, 0.29) is 17.7 Å². The fraction of sp³-hybridized carbons (Fsp3) is 0.296. The summed E-state index contributed by atoms with van der Waals surface area (Å²) in [6.45, 7) is 8.41. The summed E-state index contributed by atoms with van der Waals surface area (Å²) in [7, 11) is 0. The van der Waals surface area contributed by atoms with Gasteiger partial charge in [-0.15, -0.1) is 0 Å². The molecule has 3 aliphatic carbocycles. The predicted molar refractivity (Wildman–Crippen MR) is 119 cm³/mol. The molecule has 0 heterocycles. The van der Waals surface area contributed by atoms with Crippen molar-refractivity contribution < 1.29 is 4.79 Å². The molecule has 3 aliphatic rings. The molecule has 0 aromatic heterocycles. The van der Waals surface area contributed by atoms with Crippen LogP contribution >= 0.6 is 0 Å². The second-order valence-electron chi connectivity index (χ2n) is 9.09. The Balaban J connectivity index is 1.61. The number of carbonyl (C=O) groups excluding carboxylic acids is 1. The number of fused-ring (bicyclic) bond motifs is 1. The van der Waals surface area contributed by atoms with Crippen LogP contribution in [0.2, 0.25) is 0 Å². The topological polar surface area (TPSA) is 29.1 Å². The first-order valence-electron chi connectivity index (χ1n) is 10.5. The summed E-state index contributed by atoms with van der Waals surface area (Å²) in [5, 5.41) is 3.32. The molecule has 3 aromatic carbocycles. The monoisotopic (exact) mass is 381 g/mol. The van der Waals surface area contributed by atoms with Gasteiger partial charge in [0.25, 0.3) is 0 Å². The second kappa shape index (κ2) is 6.32. The molecule has 2 bridgehead atoms. The first-order valence-corrected chi connectivity index (χ1v) is 10.5. The maximum absolute atomic E-state index is 13.8. The van der Waals surface area contributed by atoms with Crippen molar-refractivity contribution in [1.29, 1.82) is 0 Å². The van der Waals surface area contributed by atoms with Crippen LogP contribution in [0, 0.1) is 26.2 Å². The summed E-state index contributed by atoms with van der Waals surface area (Å²) in [6.07, 6.45) is 0.849. The van der Waals surface area contributed by atoms with Crippen LogP contribution in [-0.2, 0) is 4.79 Å². The Labute approximate surface area is 173 Å². The molecule has 0 fully saturated rings. The SMILES string of the molecule is Cc1cc(C)c(NC(=O)[C@]2(C)CC3c4ccccc4C2c2ccccc23)c(C)c1. The lowest BCUT2D eigenvalue weighted by Crippen LogP contribution is -2.47. The highest BCUT2D eigenvalue weighted by atomic mass is 16.2. The number of hydrogen-bond acceptors (Lipinski definition) is 1. The van der Waals surface area contributed by atoms with Crippen LogP contribution in [0.25, 0.3) is 0 Å². The van der Waals surface area contributed by atoms with Gasteiger partial charge in [-0.1, -0.05) is 66.2 Å². The van der Waals surface area contributed by atoms with Gasteiger partial charge in [-0.25, -0.2) is 0 Å². The minimum absolute atomic E-state index is 0.0889. The third-order valence-corrected chi connectivity index (χ3v) is 7.06. The molecular weight excluding hydrogens is 354 g/mol. The van der Waals surface area contributed by atoms with Gasteiger partial charge in [0.1, 0.15) is 0 Å². The Morgan fingerprint density at radius 1 is 0.862 bits per heavy atom. The standard InChI is InChI=1S/C27H27NO/c1-16-13-17(2)25(18(3)14-16)28-26(29)27(4)15-23-19-9-5-7-11-21(19)24(27)22-12-8-6-10-20(22)23/h5-14,23-24H,15H2,1-4H3,(H,28,29)/t23?,24?,27-/m1/s1. The van der Waals surface area contributed by atoms with E-state index in [1.807, 2.05) is 0 Å². The largest absolute Gasteiger partial charge is 0.325 e. The average molecular weight is 382 g/mol. The Hall–Kier alpha value is -2.87. The molecule has 29 heavy (non-hydrogen) atoms. The van der Waals surface area contributed by atoms with E-state index in [9.17, 15) is 4.79 Å². The number of aryl methyl sites for hydroxylation is 3. The normalized spacial score (nSPS) is 24.0. The summed E-state index contributed by atoms with van der Waals surface area (Å²) in [4.78, 5) is 13.8. The third kappa shape index (κ3) is 2.58. The molecule has 3 aromatic rings. The molecule has 2 nitrogen and oxygen atoms in total. The van der Waals surface area contributed by atoms with E-state index < -0.39 is 5.41 Å². The van der Waals surface area contributed by atoms with Crippen LogP contribution < -0.4 is 5.32 Å². The molecule has 0 radical (unpaired) electrons. The van der Waals surface area contributed by atoms with Crippen LogP contribution in [-0.4, -0.2) is 5.91 Å². The lowest BCUT2D eigenvalue weighted by molar-refractivity contribution is -0.126. The van der Waals surface area contributed by atoms with Crippen LogP contribution in [0.1, 0.15) is 64.1 Å². The van der Waals surface area contributed by atoms with Gasteiger partial charge in [0.2, 0.25) is 5.91 Å². The maximum atomic E-state index is 13.8. The summed E-state index contributed by atoms with van der Waals surface area (Å²) in [6, 6.07) is 21.7. The van der Waals surface area contributed by atoms with Crippen molar-refractivity contribution in [3.63, 3.8) is 0 Å². The predicted octanol–water partition coefficient (Wildman–Crippen LogP) is 6.24. The van der Waals surface area contributed by atoms with Gasteiger partial charge in [0, 0.05) is 17.5 Å². The summed E-state index contributed by atoms with van der Waals surface area (Å²) < 4.78 is 0. The fourth-order valence-corrected chi connectivity index (χ4v) is 5.82. The van der Waals surface area contributed by atoms with E-state index >= 15 is 0 Å². The van der Waals surface area contributed by atoms with Crippen molar-refractivity contribution in [2.45, 2.75) is 46.0 Å². The lowest BCUT2D eigenvalue weighted by atomic mass is 9.52. The van der Waals surface area contributed by atoms with Crippen LogP contribution in [0.15, 0.2) is 60.7 Å². The Morgan fingerprint density at radius 3 is 1.86 bits per heavy atom. The van der Waals surface area contributed by atoms with Crippen molar-refractivity contribution >= 4 is 11.6 Å². The Morgan fingerprint density at radius 2 is 1.34 bits per heavy atom. The molecule has 1 atom stereocenters. The maximum Gasteiger partial charge on any atom is 0.231 e. The molecule has 146 valence electrons. The van der Waals surface area contributed by atoms with Gasteiger partial charge in [0.15, 0.2) is 0 Å². The molecule has 1 N–H and O–H groups in total.